The average Bonchev–Trinajstić information content (AvgIpc) is 2.41. The van der Waals surface area contributed by atoms with Crippen LogP contribution in [0.4, 0.5) is 0 Å². The van der Waals surface area contributed by atoms with E-state index in [9.17, 15) is 4.79 Å². The number of amides is 1. The monoisotopic (exact) mass is 282 g/mol. The number of ether oxygens (including phenoxy) is 1. The van der Waals surface area contributed by atoms with Gasteiger partial charge in [0.2, 0.25) is 0 Å². The van der Waals surface area contributed by atoms with E-state index in [1.54, 1.807) is 6.07 Å². The van der Waals surface area contributed by atoms with Gasteiger partial charge in [-0.15, -0.1) is 0 Å². The molecule has 0 spiro atoms. The first kappa shape index (κ1) is 14.2. The number of halogens is 1. The molecular weight excluding hydrogens is 264 g/mol. The zero-order chi connectivity index (χ0) is 13.8. The fraction of sp³-hybridized carbons (Fsp3) is 0.500. The van der Waals surface area contributed by atoms with Crippen LogP contribution in [0.25, 0.3) is 0 Å². The number of carbonyl (C=O) groups is 1. The second-order valence-corrected chi connectivity index (χ2v) is 5.28. The molecule has 0 aromatic heterocycles. The SMILES string of the molecule is Cc1c(Cl)cccc1OCC(=O)N1CCC(N)CC1. The highest BCUT2D eigenvalue weighted by molar-refractivity contribution is 6.31. The number of piperidine rings is 1. The Bertz CT molecular complexity index is 457. The van der Waals surface area contributed by atoms with Crippen molar-refractivity contribution in [3.05, 3.63) is 28.8 Å². The maximum Gasteiger partial charge on any atom is 0.260 e. The number of rotatable bonds is 3. The van der Waals surface area contributed by atoms with Gasteiger partial charge in [0, 0.05) is 29.7 Å². The molecule has 0 bridgehead atoms. The highest BCUT2D eigenvalue weighted by Crippen LogP contribution is 2.25. The number of carbonyl (C=O) groups excluding carboxylic acids is 1. The van der Waals surface area contributed by atoms with Crippen LogP contribution in [-0.2, 0) is 4.79 Å². The third-order valence-corrected chi connectivity index (χ3v) is 3.87. The molecule has 1 fully saturated rings. The molecule has 1 heterocycles. The lowest BCUT2D eigenvalue weighted by molar-refractivity contribution is -0.134. The molecule has 0 unspecified atom stereocenters. The summed E-state index contributed by atoms with van der Waals surface area (Å²) in [5.41, 5.74) is 6.67. The molecule has 2 rings (SSSR count). The zero-order valence-electron chi connectivity index (χ0n) is 11.1. The number of likely N-dealkylation sites (tertiary alicyclic amines) is 1. The van der Waals surface area contributed by atoms with E-state index in [0.29, 0.717) is 10.8 Å². The Labute approximate surface area is 118 Å². The van der Waals surface area contributed by atoms with Crippen LogP contribution in [0.1, 0.15) is 18.4 Å². The minimum atomic E-state index is 0.00581. The van der Waals surface area contributed by atoms with Gasteiger partial charge >= 0.3 is 0 Å². The normalized spacial score (nSPS) is 16.5. The largest absolute Gasteiger partial charge is 0.483 e. The van der Waals surface area contributed by atoms with Gasteiger partial charge in [0.25, 0.3) is 5.91 Å². The van der Waals surface area contributed by atoms with E-state index in [-0.39, 0.29) is 18.6 Å². The van der Waals surface area contributed by atoms with Crippen LogP contribution >= 0.6 is 11.6 Å². The summed E-state index contributed by atoms with van der Waals surface area (Å²) >= 11 is 6.00. The van der Waals surface area contributed by atoms with E-state index in [4.69, 9.17) is 22.1 Å². The summed E-state index contributed by atoms with van der Waals surface area (Å²) in [4.78, 5) is 13.8. The molecule has 1 aliphatic rings. The lowest BCUT2D eigenvalue weighted by Crippen LogP contribution is -2.44. The molecule has 0 radical (unpaired) electrons. The van der Waals surface area contributed by atoms with Crippen molar-refractivity contribution in [1.29, 1.82) is 0 Å². The summed E-state index contributed by atoms with van der Waals surface area (Å²) in [7, 11) is 0. The summed E-state index contributed by atoms with van der Waals surface area (Å²) in [6.07, 6.45) is 1.73. The number of nitrogens with zero attached hydrogens (tertiary/aromatic N) is 1. The fourth-order valence-electron chi connectivity index (χ4n) is 2.12. The molecular formula is C14H19ClN2O2. The molecule has 1 aromatic carbocycles. The number of benzene rings is 1. The Morgan fingerprint density at radius 1 is 1.47 bits per heavy atom. The van der Waals surface area contributed by atoms with Gasteiger partial charge in [0.15, 0.2) is 6.61 Å². The van der Waals surface area contributed by atoms with Crippen LogP contribution < -0.4 is 10.5 Å². The molecule has 1 saturated heterocycles. The molecule has 19 heavy (non-hydrogen) atoms. The minimum absolute atomic E-state index is 0.00581. The first-order chi connectivity index (χ1) is 9.08. The Balaban J connectivity index is 1.88. The maximum absolute atomic E-state index is 12.0. The van der Waals surface area contributed by atoms with Gasteiger partial charge in [-0.3, -0.25) is 4.79 Å². The van der Waals surface area contributed by atoms with Gasteiger partial charge in [-0.25, -0.2) is 0 Å². The Hall–Kier alpha value is -1.26. The molecule has 1 aromatic rings. The summed E-state index contributed by atoms with van der Waals surface area (Å²) in [6.45, 7) is 3.37. The van der Waals surface area contributed by atoms with Crippen LogP contribution in [0.2, 0.25) is 5.02 Å². The summed E-state index contributed by atoms with van der Waals surface area (Å²) in [5, 5.41) is 0.647. The van der Waals surface area contributed by atoms with Crippen molar-refractivity contribution in [2.75, 3.05) is 19.7 Å². The Kier molecular flexibility index (Phi) is 4.66. The molecule has 104 valence electrons. The summed E-state index contributed by atoms with van der Waals surface area (Å²) < 4.78 is 5.55. The van der Waals surface area contributed by atoms with E-state index in [1.165, 1.54) is 0 Å². The van der Waals surface area contributed by atoms with E-state index < -0.39 is 0 Å². The Morgan fingerprint density at radius 3 is 2.84 bits per heavy atom. The summed E-state index contributed by atoms with van der Waals surface area (Å²) in [6, 6.07) is 5.66. The van der Waals surface area contributed by atoms with Gasteiger partial charge in [-0.05, 0) is 31.9 Å². The Morgan fingerprint density at radius 2 is 2.16 bits per heavy atom. The van der Waals surface area contributed by atoms with E-state index >= 15 is 0 Å². The molecule has 1 aliphatic heterocycles. The van der Waals surface area contributed by atoms with Crippen molar-refractivity contribution >= 4 is 17.5 Å². The van der Waals surface area contributed by atoms with Gasteiger partial charge in [0.1, 0.15) is 5.75 Å². The minimum Gasteiger partial charge on any atom is -0.483 e. The lowest BCUT2D eigenvalue weighted by atomic mass is 10.1. The van der Waals surface area contributed by atoms with Crippen LogP contribution in [0, 0.1) is 6.92 Å². The highest BCUT2D eigenvalue weighted by Gasteiger charge is 2.20. The molecule has 4 nitrogen and oxygen atoms in total. The van der Waals surface area contributed by atoms with Crippen molar-refractivity contribution < 1.29 is 9.53 Å². The summed E-state index contributed by atoms with van der Waals surface area (Å²) in [5.74, 6) is 0.667. The van der Waals surface area contributed by atoms with Crippen LogP contribution in [0.5, 0.6) is 5.75 Å². The van der Waals surface area contributed by atoms with E-state index in [2.05, 4.69) is 0 Å². The van der Waals surface area contributed by atoms with Crippen LogP contribution in [-0.4, -0.2) is 36.5 Å². The topological polar surface area (TPSA) is 55.6 Å². The predicted octanol–water partition coefficient (Wildman–Crippen LogP) is 1.98. The zero-order valence-corrected chi connectivity index (χ0v) is 11.8. The highest BCUT2D eigenvalue weighted by atomic mass is 35.5. The fourth-order valence-corrected chi connectivity index (χ4v) is 2.29. The van der Waals surface area contributed by atoms with Crippen LogP contribution in [0.15, 0.2) is 18.2 Å². The molecule has 5 heteroatoms. The van der Waals surface area contributed by atoms with Crippen molar-refractivity contribution in [2.45, 2.75) is 25.8 Å². The molecule has 1 amide bonds. The maximum atomic E-state index is 12.0. The molecule has 0 atom stereocenters. The van der Waals surface area contributed by atoms with E-state index in [0.717, 1.165) is 31.5 Å². The third kappa shape index (κ3) is 3.61. The van der Waals surface area contributed by atoms with E-state index in [1.807, 2.05) is 24.0 Å². The van der Waals surface area contributed by atoms with Gasteiger partial charge in [0.05, 0.1) is 0 Å². The lowest BCUT2D eigenvalue weighted by Gasteiger charge is -2.30. The van der Waals surface area contributed by atoms with Crippen molar-refractivity contribution in [2.24, 2.45) is 5.73 Å². The van der Waals surface area contributed by atoms with Crippen molar-refractivity contribution in [1.82, 2.24) is 4.90 Å². The van der Waals surface area contributed by atoms with Crippen molar-refractivity contribution in [3.8, 4) is 5.75 Å². The molecule has 0 aliphatic carbocycles. The second-order valence-electron chi connectivity index (χ2n) is 4.87. The smallest absolute Gasteiger partial charge is 0.260 e. The standard InChI is InChI=1S/C14H19ClN2O2/c1-10-12(15)3-2-4-13(10)19-9-14(18)17-7-5-11(16)6-8-17/h2-4,11H,5-9,16H2,1H3. The number of hydrogen-bond acceptors (Lipinski definition) is 3. The number of nitrogens with two attached hydrogens (primary N) is 1. The van der Waals surface area contributed by atoms with Crippen LogP contribution in [0.3, 0.4) is 0 Å². The second kappa shape index (κ2) is 6.26. The molecule has 0 saturated carbocycles. The first-order valence-electron chi connectivity index (χ1n) is 6.49. The van der Waals surface area contributed by atoms with Gasteiger partial charge in [-0.1, -0.05) is 17.7 Å². The average molecular weight is 283 g/mol. The van der Waals surface area contributed by atoms with Crippen molar-refractivity contribution in [3.63, 3.8) is 0 Å². The third-order valence-electron chi connectivity index (χ3n) is 3.46. The first-order valence-corrected chi connectivity index (χ1v) is 6.87. The predicted molar refractivity (Wildman–Crippen MR) is 75.5 cm³/mol. The molecule has 2 N–H and O–H groups in total. The number of hydrogen-bond donors (Lipinski definition) is 1. The van der Waals surface area contributed by atoms with Gasteiger partial charge in [-0.2, -0.15) is 0 Å². The quantitative estimate of drug-likeness (QED) is 0.922. The van der Waals surface area contributed by atoms with Gasteiger partial charge < -0.3 is 15.4 Å².